The molecule has 1 spiro atoms. The lowest BCUT2D eigenvalue weighted by Crippen LogP contribution is -2.47. The first-order valence-corrected chi connectivity index (χ1v) is 11.1. The summed E-state index contributed by atoms with van der Waals surface area (Å²) in [6.07, 6.45) is 22.0. The number of hydrogen-bond donors (Lipinski definition) is 0. The molecule has 0 aromatic rings. The van der Waals surface area contributed by atoms with Crippen molar-refractivity contribution in [3.05, 3.63) is 0 Å². The minimum atomic E-state index is 0.874. The average molecular weight is 317 g/mol. The first kappa shape index (κ1) is 16.5. The summed E-state index contributed by atoms with van der Waals surface area (Å²) in [5.41, 5.74) is 0.874. The Balaban J connectivity index is 1.12. The van der Waals surface area contributed by atoms with Crippen molar-refractivity contribution < 1.29 is 0 Å². The third-order valence-corrected chi connectivity index (χ3v) is 8.44. The monoisotopic (exact) mass is 316 g/mol. The van der Waals surface area contributed by atoms with Gasteiger partial charge in [0.15, 0.2) is 0 Å². The molecule has 4 rings (SSSR count). The molecule has 23 heavy (non-hydrogen) atoms. The van der Waals surface area contributed by atoms with Crippen molar-refractivity contribution in [2.75, 3.05) is 0 Å². The maximum atomic E-state index is 2.45. The topological polar surface area (TPSA) is 0 Å². The van der Waals surface area contributed by atoms with Gasteiger partial charge in [-0.15, -0.1) is 0 Å². The molecule has 0 N–H and O–H groups in total. The molecule has 0 saturated heterocycles. The minimum absolute atomic E-state index is 0.874. The Morgan fingerprint density at radius 3 is 1.43 bits per heavy atom. The summed E-state index contributed by atoms with van der Waals surface area (Å²) in [6, 6.07) is 0. The molecular formula is C23H40. The van der Waals surface area contributed by atoms with Gasteiger partial charge in [0.05, 0.1) is 0 Å². The lowest BCUT2D eigenvalue weighted by Gasteiger charge is -2.58. The Morgan fingerprint density at radius 1 is 0.522 bits per heavy atom. The van der Waals surface area contributed by atoms with Gasteiger partial charge < -0.3 is 0 Å². The first-order chi connectivity index (χ1) is 11.1. The van der Waals surface area contributed by atoms with Crippen molar-refractivity contribution in [1.29, 1.82) is 0 Å². The van der Waals surface area contributed by atoms with Crippen LogP contribution in [0.5, 0.6) is 0 Å². The molecular weight excluding hydrogens is 276 g/mol. The zero-order valence-corrected chi connectivity index (χ0v) is 15.9. The van der Waals surface area contributed by atoms with Crippen LogP contribution in [0.1, 0.15) is 104 Å². The Hall–Kier alpha value is 0. The fourth-order valence-electron chi connectivity index (χ4n) is 7.29. The van der Waals surface area contributed by atoms with Gasteiger partial charge in [-0.2, -0.15) is 0 Å². The van der Waals surface area contributed by atoms with Gasteiger partial charge in [0.25, 0.3) is 0 Å². The van der Waals surface area contributed by atoms with Gasteiger partial charge in [-0.1, -0.05) is 65.2 Å². The smallest absolute Gasteiger partial charge is 0.0287 e. The summed E-state index contributed by atoms with van der Waals surface area (Å²) in [6.45, 7) is 4.91. The highest BCUT2D eigenvalue weighted by molar-refractivity contribution is 5.02. The van der Waals surface area contributed by atoms with Gasteiger partial charge in [-0.25, -0.2) is 0 Å². The van der Waals surface area contributed by atoms with E-state index < -0.39 is 0 Å². The average Bonchev–Trinajstić information content (AvgIpc) is 2.48. The SMILES string of the molecule is CC1CCC(CC2CCC(CC3CC4(CC(C)C4)C3)CC2)CC1. The lowest BCUT2D eigenvalue weighted by atomic mass is 9.47. The first-order valence-electron chi connectivity index (χ1n) is 11.1. The van der Waals surface area contributed by atoms with Crippen LogP contribution in [-0.2, 0) is 0 Å². The molecule has 132 valence electrons. The molecule has 0 aromatic carbocycles. The molecule has 0 nitrogen and oxygen atoms in total. The zero-order valence-electron chi connectivity index (χ0n) is 15.9. The highest BCUT2D eigenvalue weighted by atomic mass is 14.6. The van der Waals surface area contributed by atoms with E-state index in [4.69, 9.17) is 0 Å². The molecule has 4 saturated carbocycles. The van der Waals surface area contributed by atoms with E-state index in [0.29, 0.717) is 0 Å². The van der Waals surface area contributed by atoms with Crippen molar-refractivity contribution >= 4 is 0 Å². The van der Waals surface area contributed by atoms with E-state index in [2.05, 4.69) is 13.8 Å². The maximum Gasteiger partial charge on any atom is -0.0287 e. The molecule has 0 heterocycles. The molecule has 4 aliphatic rings. The molecule has 0 heteroatoms. The van der Waals surface area contributed by atoms with Gasteiger partial charge in [-0.05, 0) is 79.4 Å². The van der Waals surface area contributed by atoms with E-state index in [-0.39, 0.29) is 0 Å². The van der Waals surface area contributed by atoms with E-state index in [1.807, 2.05) is 0 Å². The predicted molar refractivity (Wildman–Crippen MR) is 99.4 cm³/mol. The second-order valence-corrected chi connectivity index (χ2v) is 10.8. The number of rotatable bonds is 4. The molecule has 0 aromatic heterocycles. The van der Waals surface area contributed by atoms with Crippen molar-refractivity contribution in [2.45, 2.75) is 104 Å². The zero-order chi connectivity index (χ0) is 15.9. The van der Waals surface area contributed by atoms with Crippen LogP contribution in [0.15, 0.2) is 0 Å². The van der Waals surface area contributed by atoms with Gasteiger partial charge in [0, 0.05) is 0 Å². The van der Waals surface area contributed by atoms with Gasteiger partial charge >= 0.3 is 0 Å². The summed E-state index contributed by atoms with van der Waals surface area (Å²) in [7, 11) is 0. The highest BCUT2D eigenvalue weighted by Crippen LogP contribution is 2.62. The highest BCUT2D eigenvalue weighted by Gasteiger charge is 2.51. The summed E-state index contributed by atoms with van der Waals surface area (Å²) >= 11 is 0. The molecule has 0 bridgehead atoms. The van der Waals surface area contributed by atoms with Gasteiger partial charge in [0.1, 0.15) is 0 Å². The van der Waals surface area contributed by atoms with E-state index in [0.717, 1.165) is 40.9 Å². The largest absolute Gasteiger partial charge is 0.0625 e. The van der Waals surface area contributed by atoms with Gasteiger partial charge in [-0.3, -0.25) is 0 Å². The fourth-order valence-corrected chi connectivity index (χ4v) is 7.29. The van der Waals surface area contributed by atoms with Crippen LogP contribution >= 0.6 is 0 Å². The summed E-state index contributed by atoms with van der Waals surface area (Å²) < 4.78 is 0. The number of hydrogen-bond acceptors (Lipinski definition) is 0. The van der Waals surface area contributed by atoms with E-state index in [1.54, 1.807) is 77.0 Å². The Bertz CT molecular complexity index is 367. The normalized spacial score (nSPS) is 50.3. The van der Waals surface area contributed by atoms with Gasteiger partial charge in [0.2, 0.25) is 0 Å². The van der Waals surface area contributed by atoms with Crippen molar-refractivity contribution in [3.63, 3.8) is 0 Å². The third kappa shape index (κ3) is 3.82. The van der Waals surface area contributed by atoms with Crippen LogP contribution in [0.3, 0.4) is 0 Å². The van der Waals surface area contributed by atoms with Crippen molar-refractivity contribution in [2.24, 2.45) is 40.9 Å². The van der Waals surface area contributed by atoms with E-state index >= 15 is 0 Å². The second-order valence-electron chi connectivity index (χ2n) is 10.8. The Labute approximate surface area is 145 Å². The standard InChI is InChI=1S/C23H40/c1-17-3-5-19(6-4-17)11-20-7-9-21(10-8-20)12-22-15-23(16-22)13-18(2)14-23/h17-22H,3-16H2,1-2H3. The molecule has 0 aliphatic heterocycles. The second kappa shape index (κ2) is 6.72. The van der Waals surface area contributed by atoms with E-state index in [9.17, 15) is 0 Å². The molecule has 4 fully saturated rings. The van der Waals surface area contributed by atoms with Crippen LogP contribution < -0.4 is 0 Å². The predicted octanol–water partition coefficient (Wildman–Crippen LogP) is 7.23. The van der Waals surface area contributed by atoms with Crippen molar-refractivity contribution in [3.8, 4) is 0 Å². The third-order valence-electron chi connectivity index (χ3n) is 8.44. The van der Waals surface area contributed by atoms with E-state index in [1.165, 1.54) is 12.8 Å². The van der Waals surface area contributed by atoms with Crippen LogP contribution in [-0.4, -0.2) is 0 Å². The summed E-state index contributed by atoms with van der Waals surface area (Å²) in [5, 5.41) is 0. The van der Waals surface area contributed by atoms with Crippen LogP contribution in [0.2, 0.25) is 0 Å². The maximum absolute atomic E-state index is 2.45. The molecule has 0 amide bonds. The minimum Gasteiger partial charge on any atom is -0.0625 e. The van der Waals surface area contributed by atoms with Crippen LogP contribution in [0, 0.1) is 40.9 Å². The lowest BCUT2D eigenvalue weighted by molar-refractivity contribution is -0.0706. The summed E-state index contributed by atoms with van der Waals surface area (Å²) in [4.78, 5) is 0. The fraction of sp³-hybridized carbons (Fsp3) is 1.00. The van der Waals surface area contributed by atoms with Crippen molar-refractivity contribution in [1.82, 2.24) is 0 Å². The van der Waals surface area contributed by atoms with Crippen LogP contribution in [0.25, 0.3) is 0 Å². The Kier molecular flexibility index (Phi) is 4.81. The Morgan fingerprint density at radius 2 is 0.957 bits per heavy atom. The molecule has 0 atom stereocenters. The van der Waals surface area contributed by atoms with Crippen LogP contribution in [0.4, 0.5) is 0 Å². The molecule has 0 radical (unpaired) electrons. The summed E-state index contributed by atoms with van der Waals surface area (Å²) in [5.74, 6) is 6.51. The quantitative estimate of drug-likeness (QED) is 0.513. The molecule has 4 aliphatic carbocycles. The molecule has 0 unspecified atom stereocenters.